The monoisotopic (exact) mass is 733 g/mol. The van der Waals surface area contributed by atoms with E-state index in [1.54, 1.807) is 0 Å². The van der Waals surface area contributed by atoms with Gasteiger partial charge in [-0.2, -0.15) is 0 Å². The largest absolute Gasteiger partial charge is 0.341 e. The van der Waals surface area contributed by atoms with E-state index in [0.717, 1.165) is 90.1 Å². The zero-order valence-corrected chi connectivity index (χ0v) is 31.5. The van der Waals surface area contributed by atoms with E-state index in [2.05, 4.69) is 192 Å². The number of rotatable bonds is 10. The Balaban J connectivity index is 1.05. The quantitative estimate of drug-likeness (QED) is 0.131. The SMILES string of the molecule is C=N/C(=C\C(=NCc1ccc(-c2cccc(-c3nc4ccccc4c(N=C)c3N3C=CC=CC3)c2)cc1)c1ccc2ccccc2c1)c1ccc2ccccc2c1. The highest BCUT2D eigenvalue weighted by atomic mass is 15.1. The van der Waals surface area contributed by atoms with Crippen molar-refractivity contribution in [2.24, 2.45) is 15.0 Å². The Morgan fingerprint density at radius 2 is 1.32 bits per heavy atom. The highest BCUT2D eigenvalue weighted by Crippen LogP contribution is 2.43. The van der Waals surface area contributed by atoms with Gasteiger partial charge in [0.05, 0.1) is 40.5 Å². The van der Waals surface area contributed by atoms with Gasteiger partial charge in [0.15, 0.2) is 0 Å². The van der Waals surface area contributed by atoms with Crippen LogP contribution in [0.15, 0.2) is 203 Å². The zero-order chi connectivity index (χ0) is 38.6. The van der Waals surface area contributed by atoms with Crippen molar-refractivity contribution in [2.45, 2.75) is 6.54 Å². The van der Waals surface area contributed by atoms with E-state index in [1.807, 2.05) is 24.3 Å². The van der Waals surface area contributed by atoms with Gasteiger partial charge in [-0.05, 0) is 88.1 Å². The molecular formula is C52H39N5. The van der Waals surface area contributed by atoms with Crippen LogP contribution in [-0.4, -0.2) is 30.7 Å². The van der Waals surface area contributed by atoms with Gasteiger partial charge in [0.25, 0.3) is 0 Å². The summed E-state index contributed by atoms with van der Waals surface area (Å²) in [5.74, 6) is 0. The van der Waals surface area contributed by atoms with Crippen LogP contribution in [0.4, 0.5) is 11.4 Å². The molecule has 0 atom stereocenters. The minimum Gasteiger partial charge on any atom is -0.341 e. The predicted molar refractivity (Wildman–Crippen MR) is 243 cm³/mol. The van der Waals surface area contributed by atoms with E-state index in [4.69, 9.17) is 9.98 Å². The average molecular weight is 734 g/mol. The van der Waals surface area contributed by atoms with Gasteiger partial charge in [-0.25, -0.2) is 4.98 Å². The molecule has 0 amide bonds. The Morgan fingerprint density at radius 1 is 0.632 bits per heavy atom. The minimum atomic E-state index is 0.501. The maximum absolute atomic E-state index is 5.21. The molecule has 0 N–H and O–H groups in total. The number of nitrogens with zero attached hydrogens (tertiary/aromatic N) is 5. The number of aliphatic imine (C=N–C) groups is 3. The molecule has 7 aromatic carbocycles. The molecule has 0 spiro atoms. The Morgan fingerprint density at radius 3 is 2.04 bits per heavy atom. The first-order chi connectivity index (χ1) is 28.1. The highest BCUT2D eigenvalue weighted by molar-refractivity contribution is 6.14. The van der Waals surface area contributed by atoms with Gasteiger partial charge in [-0.15, -0.1) is 0 Å². The van der Waals surface area contributed by atoms with Crippen LogP contribution in [0.25, 0.3) is 60.5 Å². The van der Waals surface area contributed by atoms with Crippen LogP contribution in [0.5, 0.6) is 0 Å². The number of hydrogen-bond donors (Lipinski definition) is 0. The van der Waals surface area contributed by atoms with Crippen LogP contribution in [0.2, 0.25) is 0 Å². The summed E-state index contributed by atoms with van der Waals surface area (Å²) in [6.07, 6.45) is 10.4. The van der Waals surface area contributed by atoms with Crippen molar-refractivity contribution in [3.8, 4) is 22.4 Å². The summed E-state index contributed by atoms with van der Waals surface area (Å²) in [4.78, 5) is 21.6. The van der Waals surface area contributed by atoms with Crippen molar-refractivity contribution < 1.29 is 0 Å². The molecule has 5 heteroatoms. The van der Waals surface area contributed by atoms with Crippen LogP contribution in [0, 0.1) is 0 Å². The number of aromatic nitrogens is 1. The first kappa shape index (κ1) is 35.2. The fourth-order valence-electron chi connectivity index (χ4n) is 7.54. The molecular weight excluding hydrogens is 695 g/mol. The molecule has 0 aliphatic carbocycles. The highest BCUT2D eigenvalue weighted by Gasteiger charge is 2.21. The molecule has 1 aromatic heterocycles. The molecule has 5 nitrogen and oxygen atoms in total. The molecule has 0 bridgehead atoms. The van der Waals surface area contributed by atoms with Gasteiger partial charge in [-0.3, -0.25) is 15.0 Å². The van der Waals surface area contributed by atoms with E-state index in [9.17, 15) is 0 Å². The van der Waals surface area contributed by atoms with E-state index < -0.39 is 0 Å². The molecule has 0 saturated carbocycles. The molecule has 9 rings (SSSR count). The summed E-state index contributed by atoms with van der Waals surface area (Å²) >= 11 is 0. The van der Waals surface area contributed by atoms with Gasteiger partial charge >= 0.3 is 0 Å². The lowest BCUT2D eigenvalue weighted by atomic mass is 9.98. The minimum absolute atomic E-state index is 0.501. The number of allylic oxidation sites excluding steroid dienone is 3. The lowest BCUT2D eigenvalue weighted by molar-refractivity contribution is 1.07. The van der Waals surface area contributed by atoms with Crippen molar-refractivity contribution in [2.75, 3.05) is 11.4 Å². The fourth-order valence-corrected chi connectivity index (χ4v) is 7.54. The van der Waals surface area contributed by atoms with E-state index >= 15 is 0 Å². The predicted octanol–water partition coefficient (Wildman–Crippen LogP) is 12.8. The summed E-state index contributed by atoms with van der Waals surface area (Å²) in [5.41, 5.74) is 11.5. The van der Waals surface area contributed by atoms with Crippen molar-refractivity contribution >= 4 is 68.7 Å². The van der Waals surface area contributed by atoms with Crippen LogP contribution in [-0.2, 0) is 6.54 Å². The third-order valence-electron chi connectivity index (χ3n) is 10.5. The number of pyridine rings is 1. The smallest absolute Gasteiger partial charge is 0.0975 e. The molecule has 0 unspecified atom stereocenters. The first-order valence-corrected chi connectivity index (χ1v) is 19.1. The van der Waals surface area contributed by atoms with E-state index in [-0.39, 0.29) is 0 Å². The third-order valence-corrected chi connectivity index (χ3v) is 10.5. The van der Waals surface area contributed by atoms with Gasteiger partial charge in [-0.1, -0.05) is 146 Å². The normalized spacial score (nSPS) is 13.1. The summed E-state index contributed by atoms with van der Waals surface area (Å²) in [5, 5.41) is 5.67. The van der Waals surface area contributed by atoms with Gasteiger partial charge in [0.2, 0.25) is 0 Å². The summed E-state index contributed by atoms with van der Waals surface area (Å²) < 4.78 is 0. The second-order valence-electron chi connectivity index (χ2n) is 14.0. The maximum atomic E-state index is 5.21. The van der Waals surface area contributed by atoms with Crippen LogP contribution in [0.3, 0.4) is 0 Å². The molecule has 1 aliphatic rings. The first-order valence-electron chi connectivity index (χ1n) is 19.1. The van der Waals surface area contributed by atoms with Crippen molar-refractivity contribution in [3.05, 3.63) is 205 Å². The fraction of sp³-hybridized carbons (Fsp3) is 0.0385. The van der Waals surface area contributed by atoms with Crippen molar-refractivity contribution in [1.82, 2.24) is 4.98 Å². The Labute approximate surface area is 332 Å². The number of para-hydroxylation sites is 1. The Kier molecular flexibility index (Phi) is 9.70. The maximum Gasteiger partial charge on any atom is 0.0975 e. The average Bonchev–Trinajstić information content (AvgIpc) is 3.28. The standard InChI is InChI=1S/C52H39N5/c1-53-48(43-27-25-37-13-4-6-15-40(37)31-43)34-49(44-28-26-38-14-5-7-16-41(38)32-44)55-35-36-21-23-39(24-22-36)42-17-12-18-45(33-42)50-52(57-29-10-3-11-30-57)51(54-2)46-19-8-9-20-47(46)56-50/h3-29,31-34H,1-2,30,35H2/b48-34-,55-49?. The lowest BCUT2D eigenvalue weighted by Crippen LogP contribution is -2.19. The molecule has 272 valence electrons. The van der Waals surface area contributed by atoms with E-state index in [0.29, 0.717) is 6.54 Å². The van der Waals surface area contributed by atoms with Gasteiger partial charge in [0, 0.05) is 34.8 Å². The van der Waals surface area contributed by atoms with E-state index in [1.165, 1.54) is 10.8 Å². The topological polar surface area (TPSA) is 53.2 Å². The summed E-state index contributed by atoms with van der Waals surface area (Å²) in [6, 6.07) is 55.0. The molecule has 0 saturated heterocycles. The molecule has 57 heavy (non-hydrogen) atoms. The second-order valence-corrected chi connectivity index (χ2v) is 14.0. The Bertz CT molecular complexity index is 2950. The van der Waals surface area contributed by atoms with Gasteiger partial charge in [0.1, 0.15) is 0 Å². The van der Waals surface area contributed by atoms with Crippen LogP contribution >= 0.6 is 0 Å². The summed E-state index contributed by atoms with van der Waals surface area (Å²) in [6.45, 7) is 9.16. The Hall–Kier alpha value is -7.50. The third kappa shape index (κ3) is 7.22. The van der Waals surface area contributed by atoms with Gasteiger partial charge < -0.3 is 4.90 Å². The van der Waals surface area contributed by atoms with Crippen LogP contribution in [0.1, 0.15) is 16.7 Å². The number of benzene rings is 7. The second kappa shape index (κ2) is 15.7. The van der Waals surface area contributed by atoms with Crippen molar-refractivity contribution in [1.29, 1.82) is 0 Å². The molecule has 0 radical (unpaired) electrons. The molecule has 1 aliphatic heterocycles. The van der Waals surface area contributed by atoms with Crippen molar-refractivity contribution in [3.63, 3.8) is 0 Å². The molecule has 8 aromatic rings. The number of anilines is 1. The zero-order valence-electron chi connectivity index (χ0n) is 31.5. The number of fused-ring (bicyclic) bond motifs is 3. The lowest BCUT2D eigenvalue weighted by Gasteiger charge is -2.26. The number of hydrogen-bond acceptors (Lipinski definition) is 5. The molecule has 0 fully saturated rings. The molecule has 2 heterocycles. The van der Waals surface area contributed by atoms with Crippen LogP contribution < -0.4 is 4.90 Å². The summed E-state index contributed by atoms with van der Waals surface area (Å²) in [7, 11) is 0.